The molecule has 1 heterocycles. The van der Waals surface area contributed by atoms with Gasteiger partial charge in [-0.3, -0.25) is 4.79 Å². The van der Waals surface area contributed by atoms with Gasteiger partial charge >= 0.3 is 0 Å². The van der Waals surface area contributed by atoms with Crippen molar-refractivity contribution in [2.24, 2.45) is 0 Å². The van der Waals surface area contributed by atoms with E-state index in [2.05, 4.69) is 26.6 Å². The first-order valence-corrected chi connectivity index (χ1v) is 5.00. The fraction of sp³-hybridized carbons (Fsp3) is 0.100. The summed E-state index contributed by atoms with van der Waals surface area (Å²) in [4.78, 5) is 11.3. The summed E-state index contributed by atoms with van der Waals surface area (Å²) in [6.45, 7) is 1.86. The monoisotopic (exact) mass is 252 g/mol. The number of anilines is 2. The molecular weight excluding hydrogens is 244 g/mol. The topological polar surface area (TPSA) is 41.1 Å². The van der Waals surface area contributed by atoms with E-state index < -0.39 is 0 Å². The van der Waals surface area contributed by atoms with Crippen molar-refractivity contribution in [1.82, 2.24) is 0 Å². The Morgan fingerprint density at radius 3 is 2.79 bits per heavy atom. The molecule has 0 radical (unpaired) electrons. The van der Waals surface area contributed by atoms with Crippen molar-refractivity contribution < 1.29 is 4.79 Å². The molecular formula is C10H9BrN2O. The van der Waals surface area contributed by atoms with Gasteiger partial charge in [0.05, 0.1) is 11.4 Å². The molecule has 4 heteroatoms. The maximum Gasteiger partial charge on any atom is 0.250 e. The molecule has 1 aliphatic rings. The van der Waals surface area contributed by atoms with E-state index >= 15 is 0 Å². The smallest absolute Gasteiger partial charge is 0.250 e. The summed E-state index contributed by atoms with van der Waals surface area (Å²) in [5.41, 5.74) is 2.53. The van der Waals surface area contributed by atoms with Gasteiger partial charge in [0.25, 0.3) is 0 Å². The van der Waals surface area contributed by atoms with Crippen LogP contribution in [0, 0.1) is 0 Å². The molecule has 0 saturated carbocycles. The second kappa shape index (κ2) is 3.46. The van der Waals surface area contributed by atoms with Crippen LogP contribution in [0.2, 0.25) is 0 Å². The molecule has 0 bridgehead atoms. The van der Waals surface area contributed by atoms with Crippen LogP contribution in [0.25, 0.3) is 0 Å². The number of halogens is 1. The summed E-state index contributed by atoms with van der Waals surface area (Å²) in [6, 6.07) is 5.68. The minimum Gasteiger partial charge on any atom is -0.357 e. The van der Waals surface area contributed by atoms with Crippen molar-refractivity contribution >= 4 is 33.2 Å². The number of carbonyl (C=O) groups excluding carboxylic acids is 1. The Morgan fingerprint density at radius 2 is 2.00 bits per heavy atom. The highest BCUT2D eigenvalue weighted by atomic mass is 79.9. The lowest BCUT2D eigenvalue weighted by Crippen LogP contribution is -2.06. The van der Waals surface area contributed by atoms with Crippen LogP contribution < -0.4 is 10.6 Å². The highest BCUT2D eigenvalue weighted by molar-refractivity contribution is 9.10. The lowest BCUT2D eigenvalue weighted by Gasteiger charge is -2.08. The number of benzene rings is 1. The number of carbonyl (C=O) groups is 1. The molecule has 3 nitrogen and oxygen atoms in total. The normalized spacial score (nSPS) is 14.7. The SMILES string of the molecule is CC1=CC(=O)Nc2ccc(Br)cc2N1. The van der Waals surface area contributed by atoms with Gasteiger partial charge in [-0.1, -0.05) is 15.9 Å². The number of allylic oxidation sites excluding steroid dienone is 1. The van der Waals surface area contributed by atoms with E-state index in [1.807, 2.05) is 25.1 Å². The maximum atomic E-state index is 11.3. The van der Waals surface area contributed by atoms with Crippen LogP contribution in [-0.2, 0) is 4.79 Å². The quantitative estimate of drug-likeness (QED) is 0.746. The molecule has 0 aromatic heterocycles. The van der Waals surface area contributed by atoms with Crippen molar-refractivity contribution in [1.29, 1.82) is 0 Å². The van der Waals surface area contributed by atoms with E-state index in [-0.39, 0.29) is 5.91 Å². The third-order valence-electron chi connectivity index (χ3n) is 1.92. The first-order valence-electron chi connectivity index (χ1n) is 4.21. The van der Waals surface area contributed by atoms with E-state index in [4.69, 9.17) is 0 Å². The Bertz CT molecular complexity index is 426. The van der Waals surface area contributed by atoms with Crippen LogP contribution in [0.15, 0.2) is 34.4 Å². The van der Waals surface area contributed by atoms with Crippen molar-refractivity contribution in [2.75, 3.05) is 10.6 Å². The third kappa shape index (κ3) is 1.80. The van der Waals surface area contributed by atoms with Gasteiger partial charge in [0.2, 0.25) is 5.91 Å². The minimum atomic E-state index is -0.101. The summed E-state index contributed by atoms with van der Waals surface area (Å²) < 4.78 is 0.979. The van der Waals surface area contributed by atoms with E-state index in [0.29, 0.717) is 0 Å². The number of fused-ring (bicyclic) bond motifs is 1. The van der Waals surface area contributed by atoms with Gasteiger partial charge in [-0.15, -0.1) is 0 Å². The van der Waals surface area contributed by atoms with Crippen LogP contribution in [0.5, 0.6) is 0 Å². The lowest BCUT2D eigenvalue weighted by molar-refractivity contribution is -0.111. The van der Waals surface area contributed by atoms with E-state index in [9.17, 15) is 4.79 Å². The van der Waals surface area contributed by atoms with Gasteiger partial charge in [0.1, 0.15) is 0 Å². The van der Waals surface area contributed by atoms with Gasteiger partial charge in [-0.2, -0.15) is 0 Å². The average molecular weight is 253 g/mol. The van der Waals surface area contributed by atoms with Crippen molar-refractivity contribution in [3.05, 3.63) is 34.4 Å². The highest BCUT2D eigenvalue weighted by Gasteiger charge is 2.10. The zero-order chi connectivity index (χ0) is 10.1. The zero-order valence-electron chi connectivity index (χ0n) is 7.60. The number of hydrogen-bond acceptors (Lipinski definition) is 2. The van der Waals surface area contributed by atoms with Gasteiger partial charge < -0.3 is 10.6 Å². The summed E-state index contributed by atoms with van der Waals surface area (Å²) in [5, 5.41) is 5.92. The van der Waals surface area contributed by atoms with Crippen molar-refractivity contribution in [2.45, 2.75) is 6.92 Å². The molecule has 2 N–H and O–H groups in total. The molecule has 0 saturated heterocycles. The van der Waals surface area contributed by atoms with Gasteiger partial charge in [-0.05, 0) is 25.1 Å². The average Bonchev–Trinajstić information content (AvgIpc) is 2.21. The molecule has 0 spiro atoms. The number of hydrogen-bond donors (Lipinski definition) is 2. The van der Waals surface area contributed by atoms with Crippen LogP contribution in [0.3, 0.4) is 0 Å². The predicted molar refractivity (Wildman–Crippen MR) is 60.2 cm³/mol. The van der Waals surface area contributed by atoms with E-state index in [1.54, 1.807) is 0 Å². The second-order valence-electron chi connectivity index (χ2n) is 3.13. The van der Waals surface area contributed by atoms with Crippen molar-refractivity contribution in [3.63, 3.8) is 0 Å². The van der Waals surface area contributed by atoms with Gasteiger partial charge in [-0.25, -0.2) is 0 Å². The second-order valence-corrected chi connectivity index (χ2v) is 4.05. The van der Waals surface area contributed by atoms with Gasteiger partial charge in [0, 0.05) is 16.2 Å². The van der Waals surface area contributed by atoms with Crippen molar-refractivity contribution in [3.8, 4) is 0 Å². The highest BCUT2D eigenvalue weighted by Crippen LogP contribution is 2.28. The van der Waals surface area contributed by atoms with E-state index in [1.165, 1.54) is 6.08 Å². The Labute approximate surface area is 90.3 Å². The summed E-state index contributed by atoms with van der Waals surface area (Å²) in [7, 11) is 0. The minimum absolute atomic E-state index is 0.101. The molecule has 0 atom stereocenters. The Balaban J connectivity index is 2.48. The Hall–Kier alpha value is -1.29. The Kier molecular flexibility index (Phi) is 2.29. The first kappa shape index (κ1) is 9.27. The van der Waals surface area contributed by atoms with E-state index in [0.717, 1.165) is 21.5 Å². The third-order valence-corrected chi connectivity index (χ3v) is 2.41. The first-order chi connectivity index (χ1) is 6.65. The largest absolute Gasteiger partial charge is 0.357 e. The number of amides is 1. The molecule has 1 amide bonds. The fourth-order valence-corrected chi connectivity index (χ4v) is 1.70. The van der Waals surface area contributed by atoms with Crippen LogP contribution in [0.1, 0.15) is 6.92 Å². The molecule has 0 aliphatic carbocycles. The molecule has 2 rings (SSSR count). The standard InChI is InChI=1S/C10H9BrN2O/c1-6-4-10(14)13-8-3-2-7(11)5-9(8)12-6/h2-5,12H,1H3,(H,13,14). The fourth-order valence-electron chi connectivity index (χ4n) is 1.34. The van der Waals surface area contributed by atoms with Crippen LogP contribution >= 0.6 is 15.9 Å². The van der Waals surface area contributed by atoms with Crippen LogP contribution in [-0.4, -0.2) is 5.91 Å². The molecule has 0 fully saturated rings. The number of nitrogens with one attached hydrogen (secondary N) is 2. The lowest BCUT2D eigenvalue weighted by atomic mass is 10.2. The predicted octanol–water partition coefficient (Wildman–Crippen LogP) is 2.72. The van der Waals surface area contributed by atoms with Crippen LogP contribution in [0.4, 0.5) is 11.4 Å². The zero-order valence-corrected chi connectivity index (χ0v) is 9.18. The maximum absolute atomic E-state index is 11.3. The molecule has 1 aromatic rings. The summed E-state index contributed by atoms with van der Waals surface area (Å²) in [6.07, 6.45) is 1.54. The summed E-state index contributed by atoms with van der Waals surface area (Å²) >= 11 is 3.38. The summed E-state index contributed by atoms with van der Waals surface area (Å²) in [5.74, 6) is -0.101. The number of rotatable bonds is 0. The molecule has 1 aromatic carbocycles. The molecule has 72 valence electrons. The van der Waals surface area contributed by atoms with Gasteiger partial charge in [0.15, 0.2) is 0 Å². The molecule has 1 aliphatic heterocycles. The molecule has 0 unspecified atom stereocenters. The molecule has 14 heavy (non-hydrogen) atoms. The Morgan fingerprint density at radius 1 is 1.21 bits per heavy atom.